The monoisotopic (exact) mass is 488 g/mol. The van der Waals surface area contributed by atoms with Gasteiger partial charge in [0.25, 0.3) is 5.91 Å². The van der Waals surface area contributed by atoms with Crippen molar-refractivity contribution in [2.45, 2.75) is 20.4 Å². The van der Waals surface area contributed by atoms with Gasteiger partial charge < -0.3 is 18.7 Å². The summed E-state index contributed by atoms with van der Waals surface area (Å²) in [5, 5.41) is 3.65. The van der Waals surface area contributed by atoms with E-state index in [4.69, 9.17) is 8.83 Å². The molecule has 3 aromatic heterocycles. The summed E-state index contributed by atoms with van der Waals surface area (Å²) in [6, 6.07) is 26.2. The van der Waals surface area contributed by atoms with Gasteiger partial charge in [0.15, 0.2) is 11.3 Å². The quantitative estimate of drug-likeness (QED) is 0.253. The van der Waals surface area contributed by atoms with Crippen molar-refractivity contribution in [2.24, 2.45) is 0 Å². The Morgan fingerprint density at radius 2 is 1.62 bits per heavy atom. The van der Waals surface area contributed by atoms with Gasteiger partial charge in [-0.05, 0) is 37.1 Å². The van der Waals surface area contributed by atoms with Crippen LogP contribution in [-0.2, 0) is 6.54 Å². The molecule has 6 nitrogen and oxygen atoms in total. The van der Waals surface area contributed by atoms with E-state index in [1.54, 1.807) is 30.5 Å². The average molecular weight is 489 g/mol. The van der Waals surface area contributed by atoms with Crippen molar-refractivity contribution < 1.29 is 18.4 Å². The first-order chi connectivity index (χ1) is 18.0. The first-order valence-corrected chi connectivity index (χ1v) is 12.0. The number of aryl methyl sites for hydroxylation is 2. The maximum Gasteiger partial charge on any atom is 0.272 e. The number of nitrogens with zero attached hydrogens (tertiary/aromatic N) is 1. The molecule has 0 aliphatic carbocycles. The van der Waals surface area contributed by atoms with Gasteiger partial charge in [-0.2, -0.15) is 0 Å². The lowest BCUT2D eigenvalue weighted by Crippen LogP contribution is -2.19. The van der Waals surface area contributed by atoms with Crippen LogP contribution in [0.4, 0.5) is 5.69 Å². The smallest absolute Gasteiger partial charge is 0.272 e. The molecule has 0 aliphatic heterocycles. The number of nitrogens with one attached hydrogen (secondary N) is 1. The summed E-state index contributed by atoms with van der Waals surface area (Å²) in [5.74, 6) is -0.556. The first-order valence-electron chi connectivity index (χ1n) is 12.0. The molecule has 182 valence electrons. The zero-order valence-electron chi connectivity index (χ0n) is 20.4. The van der Waals surface area contributed by atoms with Gasteiger partial charge in [-0.1, -0.05) is 66.2 Å². The van der Waals surface area contributed by atoms with E-state index in [-0.39, 0.29) is 17.5 Å². The average Bonchev–Trinajstić information content (AvgIpc) is 3.60. The number of rotatable bonds is 6. The van der Waals surface area contributed by atoms with Crippen LogP contribution in [0.5, 0.6) is 0 Å². The Kier molecular flexibility index (Phi) is 5.49. The second-order valence-corrected chi connectivity index (χ2v) is 9.16. The molecule has 0 unspecified atom stereocenters. The van der Waals surface area contributed by atoms with Crippen LogP contribution >= 0.6 is 0 Å². The highest BCUT2D eigenvalue weighted by molar-refractivity contribution is 6.19. The summed E-state index contributed by atoms with van der Waals surface area (Å²) < 4.78 is 13.5. The fraction of sp³-hybridized carbons (Fsp3) is 0.0968. The molecule has 0 radical (unpaired) electrons. The second kappa shape index (κ2) is 8.99. The van der Waals surface area contributed by atoms with E-state index in [1.807, 2.05) is 79.1 Å². The molecular weight excluding hydrogens is 464 g/mol. The Bertz CT molecular complexity index is 1780. The largest absolute Gasteiger partial charge is 0.463 e. The molecule has 0 bridgehead atoms. The Morgan fingerprint density at radius 3 is 2.43 bits per heavy atom. The normalized spacial score (nSPS) is 11.3. The molecule has 3 aromatic carbocycles. The van der Waals surface area contributed by atoms with E-state index in [0.29, 0.717) is 40.0 Å². The molecular formula is C31H24N2O4. The molecule has 0 atom stereocenters. The predicted octanol–water partition coefficient (Wildman–Crippen LogP) is 7.13. The molecule has 6 heteroatoms. The topological polar surface area (TPSA) is 77.4 Å². The fourth-order valence-corrected chi connectivity index (χ4v) is 4.64. The summed E-state index contributed by atoms with van der Waals surface area (Å²) >= 11 is 0. The van der Waals surface area contributed by atoms with Gasteiger partial charge in [0.2, 0.25) is 5.78 Å². The summed E-state index contributed by atoms with van der Waals surface area (Å²) in [7, 11) is 0. The Labute approximate surface area is 213 Å². The standard InChI is InChI=1S/C31H24N2O4/c1-19-11-13-21(14-12-19)29(34)30-28(23-9-5-6-10-26(23)37-30)32-31(35)25-17-27-24(15-16-36-27)33(25)18-22-8-4-3-7-20(22)2/h3-17H,18H2,1-2H3,(H,32,35). The molecule has 37 heavy (non-hydrogen) atoms. The number of amides is 1. The third-order valence-corrected chi connectivity index (χ3v) is 6.70. The maximum atomic E-state index is 13.7. The van der Waals surface area contributed by atoms with Gasteiger partial charge in [-0.25, -0.2) is 0 Å². The number of ketones is 1. The minimum atomic E-state index is -0.357. The van der Waals surface area contributed by atoms with Crippen molar-refractivity contribution in [3.63, 3.8) is 0 Å². The van der Waals surface area contributed by atoms with E-state index in [1.165, 1.54) is 0 Å². The number of carbonyl (C=O) groups is 2. The Balaban J connectivity index is 1.42. The summed E-state index contributed by atoms with van der Waals surface area (Å²) in [6.45, 7) is 4.51. The van der Waals surface area contributed by atoms with Gasteiger partial charge in [-0.15, -0.1) is 0 Å². The van der Waals surface area contributed by atoms with E-state index >= 15 is 0 Å². The zero-order chi connectivity index (χ0) is 25.5. The number of benzene rings is 3. The van der Waals surface area contributed by atoms with E-state index in [9.17, 15) is 9.59 Å². The number of aromatic nitrogens is 1. The lowest BCUT2D eigenvalue weighted by Gasteiger charge is -2.12. The van der Waals surface area contributed by atoms with Crippen molar-refractivity contribution in [2.75, 3.05) is 5.32 Å². The highest BCUT2D eigenvalue weighted by atomic mass is 16.3. The number of hydrogen-bond acceptors (Lipinski definition) is 4. The Morgan fingerprint density at radius 1 is 0.865 bits per heavy atom. The molecule has 0 fully saturated rings. The number of carbonyl (C=O) groups excluding carboxylic acids is 2. The van der Waals surface area contributed by atoms with Crippen molar-refractivity contribution in [3.8, 4) is 0 Å². The summed E-state index contributed by atoms with van der Waals surface area (Å²) in [5.41, 5.74) is 6.51. The van der Waals surface area contributed by atoms with Gasteiger partial charge in [0, 0.05) is 29.6 Å². The lowest BCUT2D eigenvalue weighted by molar-refractivity contribution is 0.101. The van der Waals surface area contributed by atoms with Crippen molar-refractivity contribution >= 4 is 39.4 Å². The van der Waals surface area contributed by atoms with E-state index in [0.717, 1.165) is 22.2 Å². The lowest BCUT2D eigenvalue weighted by atomic mass is 10.1. The Hall–Kier alpha value is -4.84. The number of fused-ring (bicyclic) bond motifs is 2. The fourth-order valence-electron chi connectivity index (χ4n) is 4.64. The summed E-state index contributed by atoms with van der Waals surface area (Å²) in [6.07, 6.45) is 1.61. The number of anilines is 1. The predicted molar refractivity (Wildman–Crippen MR) is 143 cm³/mol. The molecule has 0 saturated carbocycles. The molecule has 3 heterocycles. The number of hydrogen-bond donors (Lipinski definition) is 1. The highest BCUT2D eigenvalue weighted by Crippen LogP contribution is 2.33. The third kappa shape index (κ3) is 4.02. The molecule has 1 amide bonds. The number of furan rings is 2. The molecule has 0 spiro atoms. The molecule has 6 aromatic rings. The van der Waals surface area contributed by atoms with Crippen LogP contribution in [0.25, 0.3) is 22.1 Å². The van der Waals surface area contributed by atoms with Crippen molar-refractivity contribution in [1.29, 1.82) is 0 Å². The van der Waals surface area contributed by atoms with Gasteiger partial charge >= 0.3 is 0 Å². The first kappa shape index (κ1) is 22.6. The van der Waals surface area contributed by atoms with Crippen LogP contribution in [0.1, 0.15) is 43.3 Å². The van der Waals surface area contributed by atoms with Crippen molar-refractivity contribution in [1.82, 2.24) is 4.57 Å². The zero-order valence-corrected chi connectivity index (χ0v) is 20.4. The third-order valence-electron chi connectivity index (χ3n) is 6.70. The van der Waals surface area contributed by atoms with Crippen molar-refractivity contribution in [3.05, 3.63) is 125 Å². The SMILES string of the molecule is Cc1ccc(C(=O)c2oc3ccccc3c2NC(=O)c2cc3occc3n2Cc2ccccc2C)cc1. The molecule has 0 saturated heterocycles. The number of para-hydroxylation sites is 1. The summed E-state index contributed by atoms with van der Waals surface area (Å²) in [4.78, 5) is 27.2. The maximum absolute atomic E-state index is 13.7. The second-order valence-electron chi connectivity index (χ2n) is 9.16. The minimum absolute atomic E-state index is 0.0964. The highest BCUT2D eigenvalue weighted by Gasteiger charge is 2.26. The van der Waals surface area contributed by atoms with Gasteiger partial charge in [0.05, 0.1) is 17.5 Å². The van der Waals surface area contributed by atoms with Crippen LogP contribution in [0.2, 0.25) is 0 Å². The van der Waals surface area contributed by atoms with E-state index in [2.05, 4.69) is 5.32 Å². The van der Waals surface area contributed by atoms with Crippen LogP contribution in [0.15, 0.2) is 100 Å². The van der Waals surface area contributed by atoms with Crippen LogP contribution < -0.4 is 5.32 Å². The van der Waals surface area contributed by atoms with Crippen LogP contribution in [-0.4, -0.2) is 16.3 Å². The van der Waals surface area contributed by atoms with Gasteiger partial charge in [-0.3, -0.25) is 9.59 Å². The van der Waals surface area contributed by atoms with Crippen LogP contribution in [0, 0.1) is 13.8 Å². The van der Waals surface area contributed by atoms with E-state index < -0.39 is 0 Å². The molecule has 6 rings (SSSR count). The molecule has 0 aliphatic rings. The minimum Gasteiger partial charge on any atom is -0.463 e. The van der Waals surface area contributed by atoms with Gasteiger partial charge in [0.1, 0.15) is 11.3 Å². The molecule has 1 N–H and O–H groups in total. The van der Waals surface area contributed by atoms with Crippen LogP contribution in [0.3, 0.4) is 0 Å².